The fourth-order valence-corrected chi connectivity index (χ4v) is 2.03. The molecular weight excluding hydrogens is 246 g/mol. The predicted molar refractivity (Wildman–Crippen MR) is 71.9 cm³/mol. The second-order valence-corrected chi connectivity index (χ2v) is 4.70. The lowest BCUT2D eigenvalue weighted by molar-refractivity contribution is -0.131. The van der Waals surface area contributed by atoms with Crippen molar-refractivity contribution in [1.29, 1.82) is 0 Å². The molecule has 0 aliphatic rings. The Morgan fingerprint density at radius 2 is 2.11 bits per heavy atom. The Labute approximate surface area is 109 Å². The van der Waals surface area contributed by atoms with Gasteiger partial charge in [0, 0.05) is 13.1 Å². The van der Waals surface area contributed by atoms with Crippen molar-refractivity contribution in [3.63, 3.8) is 0 Å². The highest BCUT2D eigenvalue weighted by atomic mass is 16.4. The summed E-state index contributed by atoms with van der Waals surface area (Å²) in [4.78, 5) is 22.3. The van der Waals surface area contributed by atoms with Crippen molar-refractivity contribution in [3.05, 3.63) is 40.4 Å². The average molecular weight is 261 g/mol. The van der Waals surface area contributed by atoms with Crippen LogP contribution in [0.5, 0.6) is 0 Å². The van der Waals surface area contributed by atoms with Crippen LogP contribution in [0.1, 0.15) is 19.4 Å². The highest BCUT2D eigenvalue weighted by molar-refractivity contribution is 5.91. The topological polar surface area (TPSA) is 72.4 Å². The monoisotopic (exact) mass is 261 g/mol. The Hall–Kier alpha value is -2.30. The minimum atomic E-state index is -0.988. The van der Waals surface area contributed by atoms with Crippen molar-refractivity contribution in [2.45, 2.75) is 13.8 Å². The van der Waals surface area contributed by atoms with E-state index in [-0.39, 0.29) is 5.92 Å². The molecule has 1 N–H and O–H groups in total. The highest BCUT2D eigenvalue weighted by Crippen LogP contribution is 2.26. The van der Waals surface area contributed by atoms with E-state index < -0.39 is 11.7 Å². The van der Waals surface area contributed by atoms with Crippen LogP contribution >= 0.6 is 0 Å². The Morgan fingerprint density at radius 1 is 1.42 bits per heavy atom. The third kappa shape index (κ3) is 2.45. The van der Waals surface area contributed by atoms with Gasteiger partial charge in [-0.2, -0.15) is 0 Å². The van der Waals surface area contributed by atoms with E-state index >= 15 is 0 Å². The molecule has 0 bridgehead atoms. The van der Waals surface area contributed by atoms with Crippen molar-refractivity contribution < 1.29 is 14.3 Å². The zero-order valence-corrected chi connectivity index (χ0v) is 11.0. The van der Waals surface area contributed by atoms with Gasteiger partial charge in [-0.05, 0) is 29.2 Å². The summed E-state index contributed by atoms with van der Waals surface area (Å²) in [5.74, 6) is -1.36. The summed E-state index contributed by atoms with van der Waals surface area (Å²) < 4.78 is 6.52. The molecule has 0 aliphatic heterocycles. The van der Waals surface area contributed by atoms with Crippen LogP contribution in [0, 0.1) is 5.92 Å². The number of fused-ring (bicyclic) bond motifs is 1. The minimum Gasteiger partial charge on any atom is -0.478 e. The number of oxazole rings is 1. The molecule has 1 aromatic heterocycles. The van der Waals surface area contributed by atoms with Crippen LogP contribution < -0.4 is 5.76 Å². The van der Waals surface area contributed by atoms with E-state index in [4.69, 9.17) is 9.52 Å². The molecule has 0 amide bonds. The maximum atomic E-state index is 11.4. The number of aliphatic carboxylic acids is 1. The Morgan fingerprint density at radius 3 is 2.68 bits per heavy atom. The van der Waals surface area contributed by atoms with Gasteiger partial charge < -0.3 is 9.52 Å². The lowest BCUT2D eigenvalue weighted by atomic mass is 9.95. The van der Waals surface area contributed by atoms with Gasteiger partial charge in [-0.1, -0.05) is 19.9 Å². The number of hydrogen-bond donors (Lipinski definition) is 1. The van der Waals surface area contributed by atoms with Crippen LogP contribution in [-0.4, -0.2) is 15.6 Å². The lowest BCUT2D eigenvalue weighted by Crippen LogP contribution is -2.08. The van der Waals surface area contributed by atoms with Gasteiger partial charge in [-0.15, -0.1) is 0 Å². The quantitative estimate of drug-likeness (QED) is 0.860. The first-order valence-electron chi connectivity index (χ1n) is 5.94. The smallest absolute Gasteiger partial charge is 0.419 e. The number of allylic oxidation sites excluding steroid dienone is 1. The Bertz CT molecular complexity index is 719. The van der Waals surface area contributed by atoms with E-state index in [1.165, 1.54) is 10.6 Å². The lowest BCUT2D eigenvalue weighted by Gasteiger charge is -2.10. The third-order valence-electron chi connectivity index (χ3n) is 3.03. The molecule has 0 aliphatic carbocycles. The van der Waals surface area contributed by atoms with E-state index in [0.29, 0.717) is 16.7 Å². The zero-order chi connectivity index (χ0) is 14.2. The van der Waals surface area contributed by atoms with E-state index in [1.807, 2.05) is 13.8 Å². The molecule has 0 fully saturated rings. The summed E-state index contributed by atoms with van der Waals surface area (Å²) in [6.45, 7) is 3.83. The first-order valence-corrected chi connectivity index (χ1v) is 5.94. The van der Waals surface area contributed by atoms with Gasteiger partial charge in [-0.25, -0.2) is 9.59 Å². The van der Waals surface area contributed by atoms with Gasteiger partial charge in [0.05, 0.1) is 5.52 Å². The molecule has 5 nitrogen and oxygen atoms in total. The molecule has 1 aromatic carbocycles. The molecule has 100 valence electrons. The SMILES string of the molecule is CC(C)/C(=C\C(=O)O)c1ccc2c(c1)oc(=O)n2C. The minimum absolute atomic E-state index is 0.0592. The molecule has 5 heteroatoms. The van der Waals surface area contributed by atoms with Crippen LogP contribution in [0.25, 0.3) is 16.7 Å². The van der Waals surface area contributed by atoms with Gasteiger partial charge in [0.2, 0.25) is 0 Å². The van der Waals surface area contributed by atoms with Crippen molar-refractivity contribution in [2.75, 3.05) is 0 Å². The largest absolute Gasteiger partial charge is 0.478 e. The van der Waals surface area contributed by atoms with Crippen LogP contribution in [0.3, 0.4) is 0 Å². The highest BCUT2D eigenvalue weighted by Gasteiger charge is 2.12. The van der Waals surface area contributed by atoms with Gasteiger partial charge >= 0.3 is 11.7 Å². The molecule has 0 saturated carbocycles. The maximum absolute atomic E-state index is 11.4. The Balaban J connectivity index is 2.62. The Kier molecular flexibility index (Phi) is 3.29. The van der Waals surface area contributed by atoms with E-state index in [0.717, 1.165) is 5.56 Å². The van der Waals surface area contributed by atoms with Gasteiger partial charge in [0.15, 0.2) is 5.58 Å². The molecule has 19 heavy (non-hydrogen) atoms. The second-order valence-electron chi connectivity index (χ2n) is 4.70. The molecular formula is C14H15NO4. The van der Waals surface area contributed by atoms with Gasteiger partial charge in [0.1, 0.15) is 0 Å². The maximum Gasteiger partial charge on any atom is 0.419 e. The number of nitrogens with zero attached hydrogens (tertiary/aromatic N) is 1. The van der Waals surface area contributed by atoms with Crippen molar-refractivity contribution in [2.24, 2.45) is 13.0 Å². The summed E-state index contributed by atoms with van der Waals surface area (Å²) in [6, 6.07) is 5.26. The fourth-order valence-electron chi connectivity index (χ4n) is 2.03. The summed E-state index contributed by atoms with van der Waals surface area (Å²) in [7, 11) is 1.63. The molecule has 0 spiro atoms. The summed E-state index contributed by atoms with van der Waals surface area (Å²) in [6.07, 6.45) is 1.19. The first kappa shape index (κ1) is 13.1. The number of carbonyl (C=O) groups is 1. The normalized spacial score (nSPS) is 12.3. The molecule has 2 aromatic rings. The van der Waals surface area contributed by atoms with Crippen molar-refractivity contribution in [3.8, 4) is 0 Å². The number of rotatable bonds is 3. The number of aromatic nitrogens is 1. The molecule has 1 heterocycles. The molecule has 2 rings (SSSR count). The predicted octanol–water partition coefficient (Wildman–Crippen LogP) is 2.26. The van der Waals surface area contributed by atoms with E-state index in [1.54, 1.807) is 25.2 Å². The van der Waals surface area contributed by atoms with Crippen molar-refractivity contribution in [1.82, 2.24) is 4.57 Å². The standard InChI is InChI=1S/C14H15NO4/c1-8(2)10(7-13(16)17)9-4-5-11-12(6-9)19-14(18)15(11)3/h4-8H,1-3H3,(H,16,17)/b10-7+. The molecule has 0 atom stereocenters. The summed E-state index contributed by atoms with van der Waals surface area (Å²) in [5, 5.41) is 8.90. The molecule has 0 radical (unpaired) electrons. The second kappa shape index (κ2) is 4.76. The van der Waals surface area contributed by atoms with Gasteiger partial charge in [-0.3, -0.25) is 4.57 Å². The zero-order valence-electron chi connectivity index (χ0n) is 11.0. The summed E-state index contributed by atoms with van der Waals surface area (Å²) in [5.41, 5.74) is 2.59. The number of carboxylic acids is 1. The van der Waals surface area contributed by atoms with Crippen LogP contribution in [0.2, 0.25) is 0 Å². The first-order chi connectivity index (χ1) is 8.90. The molecule has 0 unspecified atom stereocenters. The van der Waals surface area contributed by atoms with Crippen molar-refractivity contribution >= 4 is 22.6 Å². The average Bonchev–Trinajstić information content (AvgIpc) is 2.61. The number of carboxylic acid groups (broad SMARTS) is 1. The van der Waals surface area contributed by atoms with E-state index in [2.05, 4.69) is 0 Å². The van der Waals surface area contributed by atoms with Crippen LogP contribution in [0.15, 0.2) is 33.5 Å². The van der Waals surface area contributed by atoms with Gasteiger partial charge in [0.25, 0.3) is 0 Å². The van der Waals surface area contributed by atoms with Crippen LogP contribution in [0.4, 0.5) is 0 Å². The third-order valence-corrected chi connectivity index (χ3v) is 3.03. The number of benzene rings is 1. The number of hydrogen-bond acceptors (Lipinski definition) is 3. The molecule has 0 saturated heterocycles. The van der Waals surface area contributed by atoms with Crippen LogP contribution in [-0.2, 0) is 11.8 Å². The summed E-state index contributed by atoms with van der Waals surface area (Å²) >= 11 is 0. The van der Waals surface area contributed by atoms with E-state index in [9.17, 15) is 9.59 Å². The number of aryl methyl sites for hydroxylation is 1. The fraction of sp³-hybridized carbons (Fsp3) is 0.286.